The van der Waals surface area contributed by atoms with Crippen LogP contribution in [0.15, 0.2) is 12.1 Å². The zero-order chi connectivity index (χ0) is 17.8. The molecule has 6 heteroatoms. The highest BCUT2D eigenvalue weighted by atomic mass is 16.7. The van der Waals surface area contributed by atoms with Gasteiger partial charge in [-0.05, 0) is 36.6 Å². The van der Waals surface area contributed by atoms with Crippen molar-refractivity contribution in [2.75, 3.05) is 34.7 Å². The number of rotatable bonds is 3. The predicted octanol–water partition coefficient (Wildman–Crippen LogP) is 2.85. The van der Waals surface area contributed by atoms with Crippen molar-refractivity contribution in [3.8, 4) is 39.9 Å². The molecule has 0 saturated heterocycles. The maximum Gasteiger partial charge on any atom is 0.231 e. The van der Waals surface area contributed by atoms with Crippen LogP contribution in [0.3, 0.4) is 0 Å². The average Bonchev–Trinajstić information content (AvgIpc) is 3.16. The normalized spacial score (nSPS) is 18.8. The van der Waals surface area contributed by atoms with Gasteiger partial charge in [0.2, 0.25) is 12.5 Å². The van der Waals surface area contributed by atoms with Gasteiger partial charge >= 0.3 is 0 Å². The van der Waals surface area contributed by atoms with E-state index in [-0.39, 0.29) is 12.8 Å². The van der Waals surface area contributed by atoms with Crippen molar-refractivity contribution in [2.45, 2.75) is 18.9 Å². The number of hydrogen-bond acceptors (Lipinski definition) is 6. The second kappa shape index (κ2) is 5.71. The summed E-state index contributed by atoms with van der Waals surface area (Å²) in [6.07, 6.45) is 1.77. The highest BCUT2D eigenvalue weighted by molar-refractivity contribution is 5.90. The Morgan fingerprint density at radius 2 is 1.77 bits per heavy atom. The molecule has 2 aromatic rings. The van der Waals surface area contributed by atoms with Crippen LogP contribution in [0, 0.1) is 0 Å². The molecule has 1 unspecified atom stereocenters. The molecule has 1 aliphatic carbocycles. The molecule has 1 N–H and O–H groups in total. The van der Waals surface area contributed by atoms with Crippen LogP contribution in [-0.2, 0) is 12.8 Å². The van der Waals surface area contributed by atoms with Crippen LogP contribution >= 0.6 is 0 Å². The lowest BCUT2D eigenvalue weighted by Crippen LogP contribution is -2.34. The summed E-state index contributed by atoms with van der Waals surface area (Å²) >= 11 is 0. The molecule has 136 valence electrons. The van der Waals surface area contributed by atoms with E-state index in [0.717, 1.165) is 47.8 Å². The summed E-state index contributed by atoms with van der Waals surface area (Å²) in [4.78, 5) is 0. The summed E-state index contributed by atoms with van der Waals surface area (Å²) in [5, 5.41) is 3.64. The van der Waals surface area contributed by atoms with E-state index in [1.54, 1.807) is 21.3 Å². The third kappa shape index (κ3) is 1.90. The first-order chi connectivity index (χ1) is 12.8. The topological polar surface area (TPSA) is 58.2 Å². The number of fused-ring (bicyclic) bond motifs is 4. The second-order valence-corrected chi connectivity index (χ2v) is 6.66. The van der Waals surface area contributed by atoms with E-state index in [1.807, 2.05) is 6.07 Å². The number of methoxy groups -OCH3 is 3. The fourth-order valence-electron chi connectivity index (χ4n) is 4.55. The highest BCUT2D eigenvalue weighted by Gasteiger charge is 2.39. The monoisotopic (exact) mass is 355 g/mol. The molecule has 0 spiro atoms. The van der Waals surface area contributed by atoms with E-state index >= 15 is 0 Å². The average molecular weight is 355 g/mol. The van der Waals surface area contributed by atoms with E-state index in [0.29, 0.717) is 11.5 Å². The Morgan fingerprint density at radius 1 is 0.962 bits per heavy atom. The van der Waals surface area contributed by atoms with Crippen LogP contribution < -0.4 is 29.0 Å². The molecule has 0 amide bonds. The van der Waals surface area contributed by atoms with E-state index in [9.17, 15) is 0 Å². The standard InChI is InChI=1S/C20H21NO5/c1-22-17-11-6-7-21-12-8-10-4-5-13-18(26-9-25-13)14(10)16(15(11)12)19(23-2)20(17)24-3/h4-5,12,21H,6-9H2,1-3H3. The van der Waals surface area contributed by atoms with Crippen LogP contribution in [0.4, 0.5) is 0 Å². The number of nitrogens with one attached hydrogen (secondary N) is 1. The molecule has 0 radical (unpaired) electrons. The van der Waals surface area contributed by atoms with Gasteiger partial charge in [0.15, 0.2) is 23.0 Å². The highest BCUT2D eigenvalue weighted by Crippen LogP contribution is 2.58. The van der Waals surface area contributed by atoms with E-state index in [4.69, 9.17) is 23.7 Å². The number of ether oxygens (including phenoxy) is 5. The fraction of sp³-hybridized carbons (Fsp3) is 0.400. The fourth-order valence-corrected chi connectivity index (χ4v) is 4.55. The third-order valence-electron chi connectivity index (χ3n) is 5.53. The molecule has 1 atom stereocenters. The Hall–Kier alpha value is -2.60. The molecule has 0 fully saturated rings. The third-order valence-corrected chi connectivity index (χ3v) is 5.53. The van der Waals surface area contributed by atoms with Crippen LogP contribution in [0.5, 0.6) is 28.7 Å². The van der Waals surface area contributed by atoms with Crippen LogP contribution in [-0.4, -0.2) is 34.7 Å². The first-order valence-electron chi connectivity index (χ1n) is 8.78. The Morgan fingerprint density at radius 3 is 2.54 bits per heavy atom. The van der Waals surface area contributed by atoms with Crippen molar-refractivity contribution >= 4 is 0 Å². The van der Waals surface area contributed by atoms with Gasteiger partial charge in [0.25, 0.3) is 0 Å². The molecule has 26 heavy (non-hydrogen) atoms. The lowest BCUT2D eigenvalue weighted by Gasteiger charge is -2.37. The SMILES string of the molecule is COc1c2c3c(c(OC)c1OC)-c1c(ccc4c1OCO4)CC3NCC2. The van der Waals surface area contributed by atoms with Crippen molar-refractivity contribution in [1.82, 2.24) is 5.32 Å². The first kappa shape index (κ1) is 15.6. The summed E-state index contributed by atoms with van der Waals surface area (Å²) in [6.45, 7) is 1.15. The predicted molar refractivity (Wildman–Crippen MR) is 95.8 cm³/mol. The summed E-state index contributed by atoms with van der Waals surface area (Å²) in [6, 6.07) is 4.33. The van der Waals surface area contributed by atoms with Crippen molar-refractivity contribution in [1.29, 1.82) is 0 Å². The van der Waals surface area contributed by atoms with Gasteiger partial charge < -0.3 is 29.0 Å². The van der Waals surface area contributed by atoms with E-state index < -0.39 is 0 Å². The van der Waals surface area contributed by atoms with Gasteiger partial charge in [0.05, 0.1) is 21.3 Å². The maximum atomic E-state index is 5.84. The van der Waals surface area contributed by atoms with Crippen molar-refractivity contribution in [2.24, 2.45) is 0 Å². The number of benzene rings is 2. The van der Waals surface area contributed by atoms with Gasteiger partial charge in [0, 0.05) is 22.7 Å². The quantitative estimate of drug-likeness (QED) is 0.914. The van der Waals surface area contributed by atoms with Crippen molar-refractivity contribution < 1.29 is 23.7 Å². The van der Waals surface area contributed by atoms with Gasteiger partial charge in [-0.25, -0.2) is 0 Å². The summed E-state index contributed by atoms with van der Waals surface area (Å²) in [5.74, 6) is 3.65. The van der Waals surface area contributed by atoms with E-state index in [2.05, 4.69) is 11.4 Å². The Kier molecular flexibility index (Phi) is 3.43. The van der Waals surface area contributed by atoms with Crippen molar-refractivity contribution in [3.05, 3.63) is 28.8 Å². The van der Waals surface area contributed by atoms with Gasteiger partial charge in [-0.15, -0.1) is 0 Å². The van der Waals surface area contributed by atoms with Gasteiger partial charge in [-0.2, -0.15) is 0 Å². The first-order valence-corrected chi connectivity index (χ1v) is 8.78. The van der Waals surface area contributed by atoms with Gasteiger partial charge in [-0.1, -0.05) is 6.07 Å². The Balaban J connectivity index is 1.92. The molecule has 2 aliphatic heterocycles. The summed E-state index contributed by atoms with van der Waals surface area (Å²) in [5.41, 5.74) is 5.71. The molecule has 3 aliphatic rings. The van der Waals surface area contributed by atoms with Crippen LogP contribution in [0.25, 0.3) is 11.1 Å². The molecule has 2 heterocycles. The summed E-state index contributed by atoms with van der Waals surface area (Å²) < 4.78 is 28.8. The Bertz CT molecular complexity index is 908. The van der Waals surface area contributed by atoms with Gasteiger partial charge in [0.1, 0.15) is 0 Å². The molecule has 6 nitrogen and oxygen atoms in total. The minimum Gasteiger partial charge on any atom is -0.492 e. The lowest BCUT2D eigenvalue weighted by atomic mass is 9.76. The van der Waals surface area contributed by atoms with Gasteiger partial charge in [-0.3, -0.25) is 0 Å². The zero-order valence-electron chi connectivity index (χ0n) is 15.1. The molecular formula is C20H21NO5. The minimum atomic E-state index is 0.218. The van der Waals surface area contributed by atoms with Crippen LogP contribution in [0.1, 0.15) is 22.7 Å². The molecular weight excluding hydrogens is 334 g/mol. The molecule has 0 aromatic heterocycles. The number of hydrogen-bond donors (Lipinski definition) is 1. The zero-order valence-corrected chi connectivity index (χ0v) is 15.1. The minimum absolute atomic E-state index is 0.218. The van der Waals surface area contributed by atoms with Crippen LogP contribution in [0.2, 0.25) is 0 Å². The molecule has 0 saturated carbocycles. The largest absolute Gasteiger partial charge is 0.492 e. The molecule has 2 aromatic carbocycles. The smallest absolute Gasteiger partial charge is 0.231 e. The van der Waals surface area contributed by atoms with E-state index in [1.165, 1.54) is 16.7 Å². The lowest BCUT2D eigenvalue weighted by molar-refractivity contribution is 0.174. The maximum absolute atomic E-state index is 5.84. The molecule has 0 bridgehead atoms. The van der Waals surface area contributed by atoms with Crippen molar-refractivity contribution in [3.63, 3.8) is 0 Å². The Labute approximate surface area is 152 Å². The molecule has 5 rings (SSSR count). The summed E-state index contributed by atoms with van der Waals surface area (Å²) in [7, 11) is 5.00. The second-order valence-electron chi connectivity index (χ2n) is 6.66.